The topological polar surface area (TPSA) is 46.9 Å². The molecule has 0 atom stereocenters. The van der Waals surface area contributed by atoms with E-state index in [-0.39, 0.29) is 12.5 Å². The van der Waals surface area contributed by atoms with Crippen LogP contribution in [0.1, 0.15) is 11.1 Å². The van der Waals surface area contributed by atoms with E-state index < -0.39 is 0 Å². The Kier molecular flexibility index (Phi) is 6.08. The van der Waals surface area contributed by atoms with E-state index in [2.05, 4.69) is 40.1 Å². The third kappa shape index (κ3) is 4.64. The summed E-state index contributed by atoms with van der Waals surface area (Å²) in [6, 6.07) is 13.6. The van der Waals surface area contributed by atoms with E-state index in [9.17, 15) is 4.79 Å². The number of rotatable bonds is 7. The molecule has 27 heavy (non-hydrogen) atoms. The zero-order chi connectivity index (χ0) is 19.4. The van der Waals surface area contributed by atoms with Crippen molar-refractivity contribution < 1.29 is 14.4 Å². The van der Waals surface area contributed by atoms with Crippen molar-refractivity contribution in [2.45, 2.75) is 13.8 Å². The van der Waals surface area contributed by atoms with Gasteiger partial charge < -0.3 is 9.64 Å². The number of nitrogens with one attached hydrogen (secondary N) is 1. The second kappa shape index (κ2) is 8.50. The fraction of sp³-hybridized carbons (Fsp3) is 0.333. The van der Waals surface area contributed by atoms with Crippen LogP contribution in [-0.4, -0.2) is 44.7 Å². The SMILES string of the molecule is Cc1ccc2sc(N(CC[NH+](C)C)C(=O)COc3ccccc3)nc2c1C. The normalized spacial score (nSPS) is 11.1. The van der Waals surface area contributed by atoms with Crippen molar-refractivity contribution in [3.63, 3.8) is 0 Å². The molecule has 6 heteroatoms. The van der Waals surface area contributed by atoms with Gasteiger partial charge in [0.1, 0.15) is 5.75 Å². The van der Waals surface area contributed by atoms with E-state index in [1.807, 2.05) is 30.3 Å². The number of hydrogen-bond acceptors (Lipinski definition) is 4. The number of para-hydroxylation sites is 1. The number of hydrogen-bond donors (Lipinski definition) is 1. The molecule has 0 unspecified atom stereocenters. The molecule has 1 aromatic heterocycles. The van der Waals surface area contributed by atoms with E-state index in [0.717, 1.165) is 21.9 Å². The maximum Gasteiger partial charge on any atom is 0.266 e. The van der Waals surface area contributed by atoms with Crippen molar-refractivity contribution in [2.24, 2.45) is 0 Å². The molecule has 0 saturated heterocycles. The monoisotopic (exact) mass is 384 g/mol. The first-order valence-electron chi connectivity index (χ1n) is 9.09. The van der Waals surface area contributed by atoms with Gasteiger partial charge in [0.05, 0.1) is 37.4 Å². The average Bonchev–Trinajstić information content (AvgIpc) is 3.08. The number of likely N-dealkylation sites (N-methyl/N-ethyl adjacent to an activating group) is 1. The molecule has 0 aliphatic rings. The van der Waals surface area contributed by atoms with Gasteiger partial charge in [0.15, 0.2) is 11.7 Å². The highest BCUT2D eigenvalue weighted by Crippen LogP contribution is 2.31. The Balaban J connectivity index is 1.84. The number of benzene rings is 2. The van der Waals surface area contributed by atoms with Crippen molar-refractivity contribution >= 4 is 32.6 Å². The molecule has 0 aliphatic heterocycles. The summed E-state index contributed by atoms with van der Waals surface area (Å²) in [6.07, 6.45) is 0. The molecule has 1 N–H and O–H groups in total. The number of thiazole rings is 1. The van der Waals surface area contributed by atoms with Crippen molar-refractivity contribution in [3.05, 3.63) is 53.6 Å². The van der Waals surface area contributed by atoms with Gasteiger partial charge in [-0.2, -0.15) is 0 Å². The van der Waals surface area contributed by atoms with Crippen LogP contribution >= 0.6 is 11.3 Å². The van der Waals surface area contributed by atoms with Crippen molar-refractivity contribution in [2.75, 3.05) is 38.7 Å². The first-order chi connectivity index (χ1) is 13.0. The maximum absolute atomic E-state index is 12.9. The quantitative estimate of drug-likeness (QED) is 0.681. The van der Waals surface area contributed by atoms with E-state index >= 15 is 0 Å². The molecule has 0 aliphatic carbocycles. The summed E-state index contributed by atoms with van der Waals surface area (Å²) in [5, 5.41) is 0.738. The third-order valence-corrected chi connectivity index (χ3v) is 5.59. The van der Waals surface area contributed by atoms with Crippen LogP contribution in [-0.2, 0) is 4.79 Å². The molecule has 0 radical (unpaired) electrons. The largest absolute Gasteiger partial charge is 0.484 e. The first kappa shape index (κ1) is 19.3. The number of amides is 1. The number of carbonyl (C=O) groups excluding carboxylic acids is 1. The molecule has 0 bridgehead atoms. The number of fused-ring (bicyclic) bond motifs is 1. The Bertz CT molecular complexity index is 922. The molecule has 1 amide bonds. The molecule has 2 aromatic carbocycles. The summed E-state index contributed by atoms with van der Waals surface area (Å²) in [7, 11) is 4.16. The number of quaternary nitrogens is 1. The molecule has 3 aromatic rings. The van der Waals surface area contributed by atoms with Gasteiger partial charge in [-0.3, -0.25) is 9.69 Å². The Morgan fingerprint density at radius 3 is 2.59 bits per heavy atom. The number of aryl methyl sites for hydroxylation is 2. The molecule has 142 valence electrons. The zero-order valence-electron chi connectivity index (χ0n) is 16.3. The lowest BCUT2D eigenvalue weighted by atomic mass is 10.1. The smallest absolute Gasteiger partial charge is 0.266 e. The summed E-state index contributed by atoms with van der Waals surface area (Å²) in [6.45, 7) is 5.61. The summed E-state index contributed by atoms with van der Waals surface area (Å²) in [5.41, 5.74) is 3.36. The number of aromatic nitrogens is 1. The van der Waals surface area contributed by atoms with Crippen LogP contribution in [0.25, 0.3) is 10.2 Å². The van der Waals surface area contributed by atoms with Crippen LogP contribution in [0.2, 0.25) is 0 Å². The fourth-order valence-electron chi connectivity index (χ4n) is 2.73. The Morgan fingerprint density at radius 2 is 1.89 bits per heavy atom. The molecule has 0 saturated carbocycles. The van der Waals surface area contributed by atoms with Crippen molar-refractivity contribution in [3.8, 4) is 5.75 Å². The minimum absolute atomic E-state index is 0.000705. The summed E-state index contributed by atoms with van der Waals surface area (Å²) >= 11 is 1.56. The number of nitrogens with zero attached hydrogens (tertiary/aromatic N) is 2. The minimum Gasteiger partial charge on any atom is -0.484 e. The van der Waals surface area contributed by atoms with Crippen LogP contribution < -0.4 is 14.5 Å². The molecular weight excluding hydrogens is 358 g/mol. The van der Waals surface area contributed by atoms with Crippen molar-refractivity contribution in [1.29, 1.82) is 0 Å². The first-order valence-corrected chi connectivity index (χ1v) is 9.91. The zero-order valence-corrected chi connectivity index (χ0v) is 17.1. The highest BCUT2D eigenvalue weighted by Gasteiger charge is 2.22. The highest BCUT2D eigenvalue weighted by atomic mass is 32.1. The van der Waals surface area contributed by atoms with Gasteiger partial charge in [-0.1, -0.05) is 35.6 Å². The summed E-state index contributed by atoms with van der Waals surface area (Å²) in [5.74, 6) is 0.619. The van der Waals surface area contributed by atoms with Gasteiger partial charge in [-0.25, -0.2) is 4.98 Å². The molecule has 5 nitrogen and oxygen atoms in total. The van der Waals surface area contributed by atoms with Gasteiger partial charge in [0, 0.05) is 0 Å². The standard InChI is InChI=1S/C21H25N3O2S/c1-15-10-11-18-20(16(15)2)22-21(27-18)24(13-12-23(3)4)19(25)14-26-17-8-6-5-7-9-17/h5-11H,12-14H2,1-4H3/p+1. The van der Waals surface area contributed by atoms with Crippen LogP contribution in [0.3, 0.4) is 0 Å². The third-order valence-electron chi connectivity index (χ3n) is 4.55. The van der Waals surface area contributed by atoms with Crippen LogP contribution in [0.4, 0.5) is 5.13 Å². The Morgan fingerprint density at radius 1 is 1.15 bits per heavy atom. The van der Waals surface area contributed by atoms with Gasteiger partial charge in [-0.15, -0.1) is 0 Å². The van der Waals surface area contributed by atoms with Crippen LogP contribution in [0.5, 0.6) is 5.75 Å². The lowest BCUT2D eigenvalue weighted by molar-refractivity contribution is -0.856. The predicted octanol–water partition coefficient (Wildman–Crippen LogP) is 2.47. The minimum atomic E-state index is -0.0754. The average molecular weight is 385 g/mol. The van der Waals surface area contributed by atoms with E-state index in [1.54, 1.807) is 16.2 Å². The predicted molar refractivity (Wildman–Crippen MR) is 111 cm³/mol. The second-order valence-electron chi connectivity index (χ2n) is 6.95. The fourth-order valence-corrected chi connectivity index (χ4v) is 3.80. The second-order valence-corrected chi connectivity index (χ2v) is 7.96. The number of ether oxygens (including phenoxy) is 1. The van der Waals surface area contributed by atoms with Gasteiger partial charge >= 0.3 is 0 Å². The van der Waals surface area contributed by atoms with Gasteiger partial charge in [-0.05, 0) is 43.2 Å². The summed E-state index contributed by atoms with van der Waals surface area (Å²) < 4.78 is 6.78. The Hall–Kier alpha value is -2.44. The van der Waals surface area contributed by atoms with Gasteiger partial charge in [0.2, 0.25) is 0 Å². The molecule has 0 fully saturated rings. The lowest BCUT2D eigenvalue weighted by Gasteiger charge is -2.20. The molecule has 3 rings (SSSR count). The van der Waals surface area contributed by atoms with E-state index in [0.29, 0.717) is 12.3 Å². The lowest BCUT2D eigenvalue weighted by Crippen LogP contribution is -3.06. The van der Waals surface area contributed by atoms with Crippen LogP contribution in [0, 0.1) is 13.8 Å². The molecular formula is C21H26N3O2S+. The highest BCUT2D eigenvalue weighted by molar-refractivity contribution is 7.22. The van der Waals surface area contributed by atoms with E-state index in [1.165, 1.54) is 16.0 Å². The summed E-state index contributed by atoms with van der Waals surface area (Å²) in [4.78, 5) is 20.7. The molecule has 1 heterocycles. The number of anilines is 1. The maximum atomic E-state index is 12.9. The van der Waals surface area contributed by atoms with Crippen LogP contribution in [0.15, 0.2) is 42.5 Å². The Labute approximate surface area is 164 Å². The van der Waals surface area contributed by atoms with E-state index in [4.69, 9.17) is 9.72 Å². The van der Waals surface area contributed by atoms with Crippen molar-refractivity contribution in [1.82, 2.24) is 4.98 Å². The molecule has 0 spiro atoms. The van der Waals surface area contributed by atoms with Gasteiger partial charge in [0.25, 0.3) is 5.91 Å². The number of carbonyl (C=O) groups is 1.